The Morgan fingerprint density at radius 3 is 1.50 bits per heavy atom. The molecular weight excluding hydrogens is 1130 g/mol. The number of hydrogen-bond acceptors (Lipinski definition) is 11. The second kappa shape index (κ2) is 32.8. The van der Waals surface area contributed by atoms with Gasteiger partial charge in [-0.1, -0.05) is 77.0 Å². The van der Waals surface area contributed by atoms with E-state index in [2.05, 4.69) is 126 Å². The largest absolute Gasteiger partial charge is 0.497 e. The van der Waals surface area contributed by atoms with Crippen LogP contribution in [0.1, 0.15) is 174 Å². The van der Waals surface area contributed by atoms with Gasteiger partial charge < -0.3 is 38.0 Å². The van der Waals surface area contributed by atoms with Crippen LogP contribution in [0.15, 0.2) is 77.9 Å². The third kappa shape index (κ3) is 23.7. The highest BCUT2D eigenvalue weighted by Crippen LogP contribution is 2.54. The Labute approximate surface area is 504 Å². The van der Waals surface area contributed by atoms with Gasteiger partial charge in [-0.05, 0) is 197 Å². The number of aryl methyl sites for hydroxylation is 2. The normalized spacial score (nSPS) is 18.3. The maximum Gasteiger partial charge on any atom is 0.248 e. The van der Waals surface area contributed by atoms with Gasteiger partial charge in [0.15, 0.2) is 0 Å². The Bertz CT molecular complexity index is 2680. The quantitative estimate of drug-likeness (QED) is 0.0476. The van der Waals surface area contributed by atoms with Crippen LogP contribution >= 0.6 is 30.7 Å². The monoisotopic (exact) mass is 1240 g/mol. The summed E-state index contributed by atoms with van der Waals surface area (Å²) in [4.78, 5) is 23.6. The zero-order valence-corrected chi connectivity index (χ0v) is 55.1. The first-order valence-electron chi connectivity index (χ1n) is 30.6. The number of nitrogens with one attached hydrogen (secondary N) is 1. The molecule has 2 aromatic heterocycles. The van der Waals surface area contributed by atoms with Crippen LogP contribution in [0.5, 0.6) is 17.4 Å². The molecule has 2 saturated heterocycles. The number of nitrogens with zero attached hydrogens (tertiary/aromatic N) is 3. The molecule has 4 fully saturated rings. The van der Waals surface area contributed by atoms with Crippen molar-refractivity contribution in [3.05, 3.63) is 106 Å². The van der Waals surface area contributed by atoms with E-state index < -0.39 is 14.7 Å². The minimum Gasteiger partial charge on any atom is -0.497 e. The molecule has 2 unspecified atom stereocenters. The smallest absolute Gasteiger partial charge is 0.248 e. The Morgan fingerprint density at radius 2 is 1.10 bits per heavy atom. The summed E-state index contributed by atoms with van der Waals surface area (Å²) < 4.78 is 53.5. The fraction of sp³-hybridized carbons (Fsp3) is 0.672. The number of aromatic nitrogens is 2. The average Bonchev–Trinajstić information content (AvgIpc) is 4.56. The number of benzene rings is 2. The summed E-state index contributed by atoms with van der Waals surface area (Å²) in [5.41, 5.74) is 8.48. The summed E-state index contributed by atoms with van der Waals surface area (Å²) in [5, 5.41) is 1.14. The van der Waals surface area contributed by atoms with E-state index in [0.29, 0.717) is 66.6 Å². The summed E-state index contributed by atoms with van der Waals surface area (Å²) in [7, 11) is -1.66. The molecular formula is C67H107BrN4O8P2. The molecule has 8 rings (SSSR count). The molecule has 4 aromatic rings. The first-order chi connectivity index (χ1) is 38.5. The van der Waals surface area contributed by atoms with Crippen LogP contribution < -0.4 is 29.6 Å². The van der Waals surface area contributed by atoms with Crippen molar-refractivity contribution < 1.29 is 32.4 Å². The summed E-state index contributed by atoms with van der Waals surface area (Å²) in [5.74, 6) is 5.50. The number of anilines is 2. The molecule has 4 atom stereocenters. The standard InChI is InChI=1S/C33H51N2O4P.C20H32BrNO.C13H20NO3P.CH4/c1-7-39-40(6,36)24-30(26-10-11-26)28-14-18-34-32(21-28)38-23-25-15-19-35(20-16-25)31-22-29(37-5)13-12-27(31)9-8-17-33(2,3)4;1-20(2,3)11-5-6-17-7-8-18(23-4)14-19(17)22-12-9-16(15-21)10-13-22;1-3-17-18(2,16)9-12(10-4-5-10)11-6-7-14-13(15)8-11;/h12-14,18,21-22,25-26,30H,7-11,15-17,19-20,23-24H2,1-6H3;7-8,14,16H,5-6,9-13,15H2,1-4H3;6-8,10,12H,3-5,9H2,1-2H3,(H,14,15);1H4/t30-,40?;;12-,18?;/m0.0./s1. The van der Waals surface area contributed by atoms with E-state index in [1.807, 2.05) is 26.1 Å². The average molecular weight is 1240 g/mol. The number of ether oxygens (including phenoxy) is 3. The molecule has 0 amide bonds. The molecule has 2 saturated carbocycles. The number of aromatic amines is 1. The van der Waals surface area contributed by atoms with Crippen molar-refractivity contribution in [3.8, 4) is 17.4 Å². The van der Waals surface area contributed by atoms with Gasteiger partial charge in [0.2, 0.25) is 26.2 Å². The van der Waals surface area contributed by atoms with Crippen LogP contribution in [-0.4, -0.2) is 101 Å². The number of alkyl halides is 1. The molecule has 0 bridgehead atoms. The lowest BCUT2D eigenvalue weighted by molar-refractivity contribution is 0.216. The van der Waals surface area contributed by atoms with E-state index in [9.17, 15) is 13.9 Å². The molecule has 15 heteroatoms. The summed E-state index contributed by atoms with van der Waals surface area (Å²) in [6.45, 7) is 27.2. The second-order valence-corrected chi connectivity index (χ2v) is 32.1. The fourth-order valence-electron chi connectivity index (χ4n) is 11.7. The van der Waals surface area contributed by atoms with Crippen molar-refractivity contribution in [1.29, 1.82) is 0 Å². The molecule has 4 aliphatic rings. The van der Waals surface area contributed by atoms with E-state index in [4.69, 9.17) is 23.3 Å². The van der Waals surface area contributed by atoms with Gasteiger partial charge in [0.1, 0.15) is 11.5 Å². The highest BCUT2D eigenvalue weighted by Gasteiger charge is 2.38. The zero-order chi connectivity index (χ0) is 58.8. The van der Waals surface area contributed by atoms with Crippen LogP contribution in [0.3, 0.4) is 0 Å². The number of rotatable bonds is 26. The Balaban J connectivity index is 0.000000248. The van der Waals surface area contributed by atoms with Gasteiger partial charge in [0.25, 0.3) is 0 Å². The molecule has 0 radical (unpaired) electrons. The van der Waals surface area contributed by atoms with Crippen molar-refractivity contribution in [2.75, 3.05) is 101 Å². The predicted octanol–water partition coefficient (Wildman–Crippen LogP) is 17.3. The number of pyridine rings is 2. The van der Waals surface area contributed by atoms with E-state index in [-0.39, 0.29) is 24.8 Å². The molecule has 2 aromatic carbocycles. The second-order valence-electron chi connectivity index (χ2n) is 26.2. The lowest BCUT2D eigenvalue weighted by Crippen LogP contribution is -2.36. The summed E-state index contributed by atoms with van der Waals surface area (Å²) in [6.07, 6.45) is 21.3. The van der Waals surface area contributed by atoms with Gasteiger partial charge >= 0.3 is 0 Å². The van der Waals surface area contributed by atoms with Gasteiger partial charge in [-0.25, -0.2) is 4.98 Å². The van der Waals surface area contributed by atoms with Crippen molar-refractivity contribution in [2.45, 2.75) is 165 Å². The molecule has 2 aliphatic carbocycles. The van der Waals surface area contributed by atoms with Crippen molar-refractivity contribution in [1.82, 2.24) is 9.97 Å². The van der Waals surface area contributed by atoms with Crippen LogP contribution in [0.4, 0.5) is 11.4 Å². The third-order valence-electron chi connectivity index (χ3n) is 16.6. The Kier molecular flexibility index (Phi) is 27.7. The van der Waals surface area contributed by atoms with Gasteiger partial charge in [0.05, 0.1) is 34.0 Å². The van der Waals surface area contributed by atoms with E-state index in [1.165, 1.54) is 79.4 Å². The van der Waals surface area contributed by atoms with E-state index in [0.717, 1.165) is 93.0 Å². The van der Waals surface area contributed by atoms with Crippen LogP contribution in [0, 0.1) is 34.5 Å². The van der Waals surface area contributed by atoms with Crippen LogP contribution in [0.25, 0.3) is 0 Å². The van der Waals surface area contributed by atoms with Gasteiger partial charge in [-0.2, -0.15) is 0 Å². The zero-order valence-electron chi connectivity index (χ0n) is 51.7. The first kappa shape index (κ1) is 69.2. The van der Waals surface area contributed by atoms with Gasteiger partial charge in [0, 0.05) is 105 Å². The highest BCUT2D eigenvalue weighted by molar-refractivity contribution is 9.09. The van der Waals surface area contributed by atoms with Gasteiger partial charge in [-0.3, -0.25) is 13.9 Å². The molecule has 1 N–H and O–H groups in total. The Hall–Kier alpha value is -3.60. The molecule has 0 spiro atoms. The molecule has 460 valence electrons. The number of piperidine rings is 2. The number of methoxy groups -OCH3 is 2. The van der Waals surface area contributed by atoms with Crippen molar-refractivity contribution >= 4 is 42.0 Å². The highest BCUT2D eigenvalue weighted by atomic mass is 79.9. The lowest BCUT2D eigenvalue weighted by atomic mass is 9.88. The maximum absolute atomic E-state index is 12.9. The van der Waals surface area contributed by atoms with Crippen molar-refractivity contribution in [3.63, 3.8) is 0 Å². The maximum atomic E-state index is 12.9. The van der Waals surface area contributed by atoms with E-state index >= 15 is 0 Å². The molecule has 2 aliphatic heterocycles. The third-order valence-corrected chi connectivity index (χ3v) is 21.2. The number of halogens is 1. The number of H-pyrrole nitrogens is 1. The first-order valence-corrected chi connectivity index (χ1v) is 36.2. The Morgan fingerprint density at radius 1 is 0.646 bits per heavy atom. The fourth-order valence-corrected chi connectivity index (χ4v) is 16.1. The van der Waals surface area contributed by atoms with E-state index in [1.54, 1.807) is 39.8 Å². The predicted molar refractivity (Wildman–Crippen MR) is 349 cm³/mol. The number of hydrogen-bond donors (Lipinski definition) is 1. The lowest BCUT2D eigenvalue weighted by Gasteiger charge is -2.35. The molecule has 82 heavy (non-hydrogen) atoms. The topological polar surface area (TPSA) is 133 Å². The van der Waals surface area contributed by atoms with Crippen LogP contribution in [0.2, 0.25) is 0 Å². The van der Waals surface area contributed by atoms with Crippen LogP contribution in [-0.2, 0) is 31.0 Å². The summed E-state index contributed by atoms with van der Waals surface area (Å²) >= 11 is 3.64. The molecule has 4 heterocycles. The molecule has 12 nitrogen and oxygen atoms in total. The van der Waals surface area contributed by atoms with Gasteiger partial charge in [-0.15, -0.1) is 0 Å². The SMILES string of the molecule is C.CCOP(C)(=O)C[C@H](c1cc[nH]c(=O)c1)C1CC1.CCOP(C)(=O)C[C@H](c1ccnc(OCC2CCN(c3cc(OC)ccc3CCCC(C)(C)C)CC2)c1)C1CC1.COc1ccc(CCCC(C)(C)C)c(N2CCC(CBr)CC2)c1. The minimum absolute atomic E-state index is 0. The minimum atomic E-state index is -2.61. The van der Waals surface area contributed by atoms with Crippen molar-refractivity contribution in [2.24, 2.45) is 34.5 Å². The summed E-state index contributed by atoms with van der Waals surface area (Å²) in [6, 6.07) is 20.9.